The lowest BCUT2D eigenvalue weighted by atomic mass is 9.99. The summed E-state index contributed by atoms with van der Waals surface area (Å²) in [5.74, 6) is -0.956. The Morgan fingerprint density at radius 2 is 1.68 bits per heavy atom. The number of alkyl carbamates (subject to hydrolysis) is 1. The Bertz CT molecular complexity index is 345. The van der Waals surface area contributed by atoms with Crippen LogP contribution in [0.15, 0.2) is 0 Å². The van der Waals surface area contributed by atoms with Crippen molar-refractivity contribution in [3.05, 3.63) is 0 Å². The van der Waals surface area contributed by atoms with E-state index in [1.54, 1.807) is 27.7 Å². The van der Waals surface area contributed by atoms with Gasteiger partial charge in [-0.2, -0.15) is 0 Å². The molecule has 0 bridgehead atoms. The van der Waals surface area contributed by atoms with Gasteiger partial charge in [0.2, 0.25) is 0 Å². The fraction of sp³-hybridized carbons (Fsp3) is 0.833. The summed E-state index contributed by atoms with van der Waals surface area (Å²) in [6.45, 7) is 9.77. The first-order valence-corrected chi connectivity index (χ1v) is 6.72. The largest absolute Gasteiger partial charge is 0.462 e. The smallest absolute Gasteiger partial charge is 0.410 e. The Morgan fingerprint density at radius 1 is 1.21 bits per heavy atom. The number of alkyl halides is 1. The molecule has 0 rings (SSSR count). The predicted molar refractivity (Wildman–Crippen MR) is 74.0 cm³/mol. The maximum absolute atomic E-state index is 11.8. The summed E-state index contributed by atoms with van der Waals surface area (Å²) in [4.78, 5) is 23.5. The summed E-state index contributed by atoms with van der Waals surface area (Å²) >= 11 is 3.16. The standard InChI is InChI=1S/C12H22BrNO5/c1-7-18-8(15)12(17,11(5,6)13)14-9(16)19-10(2,3)4/h17H,7H2,1-6H3,(H,14,16). The molecular formula is C12H22BrNO5. The second-order valence-corrected chi connectivity index (χ2v) is 7.51. The minimum absolute atomic E-state index is 0.0836. The zero-order chi connectivity index (χ0) is 15.5. The van der Waals surface area contributed by atoms with Gasteiger partial charge in [0, 0.05) is 0 Å². The highest BCUT2D eigenvalue weighted by Gasteiger charge is 2.52. The predicted octanol–water partition coefficient (Wildman–Crippen LogP) is 1.94. The van der Waals surface area contributed by atoms with E-state index in [4.69, 9.17) is 9.47 Å². The maximum atomic E-state index is 11.8. The van der Waals surface area contributed by atoms with E-state index in [0.717, 1.165) is 0 Å². The average Bonchev–Trinajstić information content (AvgIpc) is 2.12. The van der Waals surface area contributed by atoms with Crippen LogP contribution >= 0.6 is 15.9 Å². The number of hydrogen-bond acceptors (Lipinski definition) is 5. The van der Waals surface area contributed by atoms with Crippen molar-refractivity contribution in [1.82, 2.24) is 5.32 Å². The monoisotopic (exact) mass is 339 g/mol. The minimum atomic E-state index is -2.23. The van der Waals surface area contributed by atoms with Crippen LogP contribution in [-0.4, -0.2) is 39.4 Å². The molecule has 1 amide bonds. The van der Waals surface area contributed by atoms with Gasteiger partial charge in [0.25, 0.3) is 5.72 Å². The van der Waals surface area contributed by atoms with Gasteiger partial charge in [0.15, 0.2) is 0 Å². The van der Waals surface area contributed by atoms with Gasteiger partial charge < -0.3 is 14.6 Å². The number of aliphatic hydroxyl groups is 1. The third-order valence-electron chi connectivity index (χ3n) is 2.11. The molecule has 0 spiro atoms. The van der Waals surface area contributed by atoms with Crippen molar-refractivity contribution in [2.45, 2.75) is 57.2 Å². The van der Waals surface area contributed by atoms with E-state index in [1.807, 2.05) is 0 Å². The SMILES string of the molecule is CCOC(=O)C(O)(NC(=O)OC(C)(C)C)C(C)(C)Br. The first-order valence-electron chi connectivity index (χ1n) is 5.93. The number of carbonyl (C=O) groups excluding carboxylic acids is 2. The first kappa shape index (κ1) is 18.2. The molecule has 0 heterocycles. The number of rotatable bonds is 4. The van der Waals surface area contributed by atoms with Gasteiger partial charge in [-0.3, -0.25) is 5.32 Å². The quantitative estimate of drug-likeness (QED) is 0.464. The molecule has 0 aromatic carbocycles. The van der Waals surface area contributed by atoms with Gasteiger partial charge in [-0.05, 0) is 41.5 Å². The first-order chi connectivity index (χ1) is 8.33. The third-order valence-corrected chi connectivity index (χ3v) is 2.69. The lowest BCUT2D eigenvalue weighted by Crippen LogP contribution is -2.65. The van der Waals surface area contributed by atoms with E-state index in [-0.39, 0.29) is 6.61 Å². The number of hydrogen-bond donors (Lipinski definition) is 2. The molecule has 0 aliphatic carbocycles. The Kier molecular flexibility index (Phi) is 5.83. The number of esters is 1. The zero-order valence-corrected chi connectivity index (χ0v) is 13.8. The molecule has 0 aliphatic rings. The molecule has 0 radical (unpaired) electrons. The molecule has 112 valence electrons. The maximum Gasteiger partial charge on any atom is 0.410 e. The Labute approximate surface area is 122 Å². The molecule has 0 saturated heterocycles. The number of ether oxygens (including phenoxy) is 2. The summed E-state index contributed by atoms with van der Waals surface area (Å²) in [5.41, 5.74) is -2.97. The van der Waals surface area contributed by atoms with Crippen LogP contribution in [0.2, 0.25) is 0 Å². The van der Waals surface area contributed by atoms with Crippen molar-refractivity contribution in [3.63, 3.8) is 0 Å². The Morgan fingerprint density at radius 3 is 2.00 bits per heavy atom. The molecule has 2 N–H and O–H groups in total. The molecule has 7 heteroatoms. The lowest BCUT2D eigenvalue weighted by Gasteiger charge is -2.36. The minimum Gasteiger partial charge on any atom is -0.462 e. The number of amides is 1. The van der Waals surface area contributed by atoms with E-state index in [9.17, 15) is 14.7 Å². The van der Waals surface area contributed by atoms with Crippen molar-refractivity contribution in [3.8, 4) is 0 Å². The van der Waals surface area contributed by atoms with Crippen LogP contribution in [0, 0.1) is 0 Å². The van der Waals surface area contributed by atoms with Crippen LogP contribution in [0.5, 0.6) is 0 Å². The molecular weight excluding hydrogens is 318 g/mol. The summed E-state index contributed by atoms with van der Waals surface area (Å²) in [6, 6.07) is 0. The highest BCUT2D eigenvalue weighted by molar-refractivity contribution is 9.10. The van der Waals surface area contributed by atoms with E-state index in [0.29, 0.717) is 0 Å². The van der Waals surface area contributed by atoms with Crippen molar-refractivity contribution in [2.75, 3.05) is 6.61 Å². The normalized spacial score (nSPS) is 15.4. The average molecular weight is 340 g/mol. The van der Waals surface area contributed by atoms with Gasteiger partial charge in [-0.15, -0.1) is 0 Å². The fourth-order valence-corrected chi connectivity index (χ4v) is 1.39. The van der Waals surface area contributed by atoms with Crippen molar-refractivity contribution < 1.29 is 24.2 Å². The van der Waals surface area contributed by atoms with Gasteiger partial charge in [0.1, 0.15) is 5.60 Å². The number of nitrogens with one attached hydrogen (secondary N) is 1. The number of carbonyl (C=O) groups is 2. The van der Waals surface area contributed by atoms with Gasteiger partial charge in [-0.1, -0.05) is 15.9 Å². The zero-order valence-electron chi connectivity index (χ0n) is 12.2. The van der Waals surface area contributed by atoms with Crippen molar-refractivity contribution in [1.29, 1.82) is 0 Å². The van der Waals surface area contributed by atoms with E-state index < -0.39 is 27.7 Å². The molecule has 0 aromatic heterocycles. The van der Waals surface area contributed by atoms with Gasteiger partial charge in [0.05, 0.1) is 10.9 Å². The third kappa shape index (κ3) is 5.36. The highest BCUT2D eigenvalue weighted by atomic mass is 79.9. The second-order valence-electron chi connectivity index (χ2n) is 5.53. The summed E-state index contributed by atoms with van der Waals surface area (Å²) in [7, 11) is 0. The van der Waals surface area contributed by atoms with Crippen LogP contribution in [0.3, 0.4) is 0 Å². The summed E-state index contributed by atoms with van der Waals surface area (Å²) in [6.07, 6.45) is -0.907. The van der Waals surface area contributed by atoms with Gasteiger partial charge >= 0.3 is 12.1 Å². The van der Waals surface area contributed by atoms with E-state index in [1.165, 1.54) is 13.8 Å². The van der Waals surface area contributed by atoms with Crippen LogP contribution in [-0.2, 0) is 14.3 Å². The Hall–Kier alpha value is -0.820. The fourth-order valence-electron chi connectivity index (χ4n) is 1.13. The van der Waals surface area contributed by atoms with Gasteiger partial charge in [-0.25, -0.2) is 9.59 Å². The topological polar surface area (TPSA) is 84.9 Å². The molecule has 0 saturated carbocycles. The van der Waals surface area contributed by atoms with E-state index in [2.05, 4.69) is 21.2 Å². The lowest BCUT2D eigenvalue weighted by molar-refractivity contribution is -0.171. The number of halogens is 1. The molecule has 19 heavy (non-hydrogen) atoms. The molecule has 6 nitrogen and oxygen atoms in total. The molecule has 0 aliphatic heterocycles. The van der Waals surface area contributed by atoms with Crippen LogP contribution in [0.1, 0.15) is 41.5 Å². The van der Waals surface area contributed by atoms with Crippen molar-refractivity contribution in [2.24, 2.45) is 0 Å². The molecule has 1 atom stereocenters. The van der Waals surface area contributed by atoms with Crippen LogP contribution in [0.25, 0.3) is 0 Å². The molecule has 1 unspecified atom stereocenters. The highest BCUT2D eigenvalue weighted by Crippen LogP contribution is 2.30. The van der Waals surface area contributed by atoms with Crippen LogP contribution in [0.4, 0.5) is 4.79 Å². The van der Waals surface area contributed by atoms with Crippen LogP contribution < -0.4 is 5.32 Å². The molecule has 0 aromatic rings. The second kappa shape index (κ2) is 6.09. The Balaban J connectivity index is 5.10. The summed E-state index contributed by atoms with van der Waals surface area (Å²) < 4.78 is 8.66. The van der Waals surface area contributed by atoms with E-state index >= 15 is 0 Å². The molecule has 0 fully saturated rings. The summed E-state index contributed by atoms with van der Waals surface area (Å²) in [5, 5.41) is 12.5. The van der Waals surface area contributed by atoms with Crippen molar-refractivity contribution >= 4 is 28.0 Å².